The Morgan fingerprint density at radius 3 is 2.50 bits per heavy atom. The van der Waals surface area contributed by atoms with Gasteiger partial charge < -0.3 is 5.32 Å². The van der Waals surface area contributed by atoms with Crippen LogP contribution in [0.2, 0.25) is 0 Å². The van der Waals surface area contributed by atoms with Gasteiger partial charge in [0.2, 0.25) is 0 Å². The van der Waals surface area contributed by atoms with Crippen molar-refractivity contribution in [3.8, 4) is 0 Å². The van der Waals surface area contributed by atoms with E-state index < -0.39 is 10.0 Å². The van der Waals surface area contributed by atoms with E-state index in [-0.39, 0.29) is 0 Å². The summed E-state index contributed by atoms with van der Waals surface area (Å²) < 4.78 is 28.1. The third-order valence-corrected chi connectivity index (χ3v) is 7.67. The summed E-state index contributed by atoms with van der Waals surface area (Å²) in [7, 11) is -3.61. The summed E-state index contributed by atoms with van der Waals surface area (Å²) in [6.07, 6.45) is 5.39. The molecule has 0 saturated carbocycles. The van der Waals surface area contributed by atoms with E-state index in [0.717, 1.165) is 28.5 Å². The summed E-state index contributed by atoms with van der Waals surface area (Å²) in [5.41, 5.74) is 2.98. The van der Waals surface area contributed by atoms with Crippen LogP contribution in [0.25, 0.3) is 10.9 Å². The van der Waals surface area contributed by atoms with Crippen LogP contribution in [0.15, 0.2) is 59.6 Å². The Balaban J connectivity index is 1.68. The maximum absolute atomic E-state index is 13.3. The molecule has 3 atom stereocenters. The molecule has 2 aliphatic heterocycles. The first-order chi connectivity index (χ1) is 12.5. The molecule has 0 aliphatic carbocycles. The summed E-state index contributed by atoms with van der Waals surface area (Å²) in [5, 5.41) is 4.73. The fourth-order valence-electron chi connectivity index (χ4n) is 4.66. The minimum Gasteiger partial charge on any atom is -0.311 e. The van der Waals surface area contributed by atoms with Crippen LogP contribution in [0.1, 0.15) is 36.3 Å². The third-order valence-electron chi connectivity index (χ3n) is 5.99. The molecule has 2 fully saturated rings. The Hall–Kier alpha value is -2.11. The quantitative estimate of drug-likeness (QED) is 0.767. The van der Waals surface area contributed by atoms with Crippen LogP contribution < -0.4 is 5.32 Å². The second kappa shape index (κ2) is 5.69. The standard InChI is InChI=1S/C21H22N2O2S/c1-14-6-9-16(10-7-14)26(24,25)23-13-19(17-4-2-3-5-21(17)23)18-12-15-8-11-20(18)22-15/h2-7,9-10,13,15,18,20,22H,8,11-12H2,1H3. The molecule has 2 aliphatic rings. The SMILES string of the molecule is Cc1ccc(S(=O)(=O)n2cc(C3CC4CCC3N4)c3ccccc32)cc1. The Labute approximate surface area is 153 Å². The van der Waals surface area contributed by atoms with Crippen molar-refractivity contribution < 1.29 is 8.42 Å². The predicted octanol–water partition coefficient (Wildman–Crippen LogP) is 3.79. The number of para-hydroxylation sites is 1. The van der Waals surface area contributed by atoms with E-state index in [9.17, 15) is 8.42 Å². The number of benzene rings is 2. The van der Waals surface area contributed by atoms with Crippen LogP contribution in [-0.4, -0.2) is 24.5 Å². The number of aromatic nitrogens is 1. The molecule has 2 aromatic carbocycles. The van der Waals surface area contributed by atoms with Gasteiger partial charge in [-0.05, 0) is 49.9 Å². The second-order valence-corrected chi connectivity index (χ2v) is 9.42. The number of hydrogen-bond donors (Lipinski definition) is 1. The van der Waals surface area contributed by atoms with Crippen LogP contribution in [-0.2, 0) is 10.0 Å². The lowest BCUT2D eigenvalue weighted by molar-refractivity contribution is 0.508. The molecule has 26 heavy (non-hydrogen) atoms. The molecule has 3 unspecified atom stereocenters. The predicted molar refractivity (Wildman–Crippen MR) is 103 cm³/mol. The highest BCUT2D eigenvalue weighted by atomic mass is 32.2. The van der Waals surface area contributed by atoms with E-state index in [4.69, 9.17) is 0 Å². The summed E-state index contributed by atoms with van der Waals surface area (Å²) in [6, 6.07) is 16.0. The molecule has 2 saturated heterocycles. The molecule has 0 spiro atoms. The molecule has 5 heteroatoms. The smallest absolute Gasteiger partial charge is 0.268 e. The highest BCUT2D eigenvalue weighted by Crippen LogP contribution is 2.43. The number of aryl methyl sites for hydroxylation is 1. The van der Waals surface area contributed by atoms with Crippen molar-refractivity contribution in [2.75, 3.05) is 0 Å². The van der Waals surface area contributed by atoms with Crippen molar-refractivity contribution in [2.24, 2.45) is 0 Å². The Bertz CT molecular complexity index is 1080. The van der Waals surface area contributed by atoms with Gasteiger partial charge in [0.25, 0.3) is 10.0 Å². The summed E-state index contributed by atoms with van der Waals surface area (Å²) in [4.78, 5) is 0.335. The lowest BCUT2D eigenvalue weighted by Gasteiger charge is -2.19. The number of nitrogens with one attached hydrogen (secondary N) is 1. The first-order valence-corrected chi connectivity index (χ1v) is 10.7. The minimum atomic E-state index is -3.61. The van der Waals surface area contributed by atoms with Gasteiger partial charge in [0, 0.05) is 29.6 Å². The van der Waals surface area contributed by atoms with Crippen LogP contribution in [0.3, 0.4) is 0 Å². The molecule has 3 aromatic rings. The van der Waals surface area contributed by atoms with Gasteiger partial charge in [-0.25, -0.2) is 12.4 Å². The van der Waals surface area contributed by atoms with Crippen molar-refractivity contribution in [2.45, 2.75) is 49.1 Å². The van der Waals surface area contributed by atoms with E-state index in [1.807, 2.05) is 43.5 Å². The van der Waals surface area contributed by atoms with Crippen molar-refractivity contribution in [3.05, 3.63) is 65.9 Å². The number of rotatable bonds is 3. The lowest BCUT2D eigenvalue weighted by atomic mass is 9.84. The first-order valence-electron chi connectivity index (χ1n) is 9.22. The van der Waals surface area contributed by atoms with Gasteiger partial charge in [0.05, 0.1) is 10.4 Å². The zero-order valence-electron chi connectivity index (χ0n) is 14.7. The highest BCUT2D eigenvalue weighted by molar-refractivity contribution is 7.90. The van der Waals surface area contributed by atoms with Crippen LogP contribution in [0.5, 0.6) is 0 Å². The topological polar surface area (TPSA) is 51.1 Å². The van der Waals surface area contributed by atoms with Crippen LogP contribution in [0.4, 0.5) is 0 Å². The van der Waals surface area contributed by atoms with Gasteiger partial charge in [0.15, 0.2) is 0 Å². The van der Waals surface area contributed by atoms with Gasteiger partial charge in [-0.15, -0.1) is 0 Å². The van der Waals surface area contributed by atoms with Gasteiger partial charge in [-0.3, -0.25) is 0 Å². The summed E-state index contributed by atoms with van der Waals surface area (Å²) in [6.45, 7) is 1.96. The van der Waals surface area contributed by atoms with Gasteiger partial charge in [-0.2, -0.15) is 0 Å². The molecular formula is C21H22N2O2S. The van der Waals surface area contributed by atoms with Gasteiger partial charge in [0.1, 0.15) is 0 Å². The molecule has 134 valence electrons. The normalized spacial score (nSPS) is 25.2. The van der Waals surface area contributed by atoms with E-state index >= 15 is 0 Å². The van der Waals surface area contributed by atoms with E-state index in [0.29, 0.717) is 22.9 Å². The van der Waals surface area contributed by atoms with Gasteiger partial charge in [-0.1, -0.05) is 35.9 Å². The second-order valence-electron chi connectivity index (χ2n) is 7.61. The minimum absolute atomic E-state index is 0.335. The monoisotopic (exact) mass is 366 g/mol. The number of nitrogens with zero attached hydrogens (tertiary/aromatic N) is 1. The summed E-state index contributed by atoms with van der Waals surface area (Å²) in [5.74, 6) is 0.396. The van der Waals surface area contributed by atoms with Crippen LogP contribution >= 0.6 is 0 Å². The molecule has 4 nitrogen and oxygen atoms in total. The molecule has 1 aromatic heterocycles. The Morgan fingerprint density at radius 1 is 1.04 bits per heavy atom. The largest absolute Gasteiger partial charge is 0.311 e. The van der Waals surface area contributed by atoms with E-state index in [1.165, 1.54) is 16.8 Å². The maximum Gasteiger partial charge on any atom is 0.268 e. The molecule has 0 radical (unpaired) electrons. The molecular weight excluding hydrogens is 344 g/mol. The molecule has 2 bridgehead atoms. The average Bonchev–Trinajstić information content (AvgIpc) is 3.35. The maximum atomic E-state index is 13.3. The lowest BCUT2D eigenvalue weighted by Crippen LogP contribution is -2.21. The van der Waals surface area contributed by atoms with E-state index in [2.05, 4.69) is 11.4 Å². The zero-order chi connectivity index (χ0) is 17.9. The van der Waals surface area contributed by atoms with Crippen molar-refractivity contribution in [1.82, 2.24) is 9.29 Å². The van der Waals surface area contributed by atoms with E-state index in [1.54, 1.807) is 12.1 Å². The number of hydrogen-bond acceptors (Lipinski definition) is 3. The Morgan fingerprint density at radius 2 is 1.81 bits per heavy atom. The average molecular weight is 366 g/mol. The fraction of sp³-hybridized carbons (Fsp3) is 0.333. The van der Waals surface area contributed by atoms with Crippen molar-refractivity contribution >= 4 is 20.9 Å². The molecule has 5 rings (SSSR count). The number of fused-ring (bicyclic) bond motifs is 3. The Kier molecular flexibility index (Phi) is 3.52. The highest BCUT2D eigenvalue weighted by Gasteiger charge is 2.41. The van der Waals surface area contributed by atoms with Gasteiger partial charge >= 0.3 is 0 Å². The molecule has 1 N–H and O–H groups in total. The van der Waals surface area contributed by atoms with Crippen molar-refractivity contribution in [1.29, 1.82) is 0 Å². The third kappa shape index (κ3) is 2.34. The fourth-order valence-corrected chi connectivity index (χ4v) is 6.04. The zero-order valence-corrected chi connectivity index (χ0v) is 15.5. The van der Waals surface area contributed by atoms with Crippen molar-refractivity contribution in [3.63, 3.8) is 0 Å². The first kappa shape index (κ1) is 16.1. The summed E-state index contributed by atoms with van der Waals surface area (Å²) >= 11 is 0. The molecule has 0 amide bonds. The van der Waals surface area contributed by atoms with Crippen LogP contribution in [0, 0.1) is 6.92 Å². The molecule has 3 heterocycles.